The highest BCUT2D eigenvalue weighted by atomic mass is 32.2. The molecule has 1 aliphatic rings. The number of rotatable bonds is 3. The van der Waals surface area contributed by atoms with Gasteiger partial charge in [-0.25, -0.2) is 0 Å². The minimum absolute atomic E-state index is 0.174. The van der Waals surface area contributed by atoms with E-state index in [0.29, 0.717) is 6.04 Å². The fraction of sp³-hybridized carbons (Fsp3) is 0.429. The summed E-state index contributed by atoms with van der Waals surface area (Å²) in [4.78, 5) is 0.174. The van der Waals surface area contributed by atoms with Crippen molar-refractivity contribution in [3.63, 3.8) is 0 Å². The van der Waals surface area contributed by atoms with Gasteiger partial charge in [-0.3, -0.25) is 10.00 Å². The molecule has 2 aromatic rings. The summed E-state index contributed by atoms with van der Waals surface area (Å²) in [6.07, 6.45) is 2.02. The van der Waals surface area contributed by atoms with Crippen LogP contribution in [0.25, 0.3) is 11.3 Å². The van der Waals surface area contributed by atoms with Gasteiger partial charge in [-0.2, -0.15) is 0 Å². The van der Waals surface area contributed by atoms with Gasteiger partial charge in [-0.15, -0.1) is 16.9 Å². The van der Waals surface area contributed by atoms with Gasteiger partial charge in [0.25, 0.3) is 0 Å². The molecule has 0 unspecified atom stereocenters. The van der Waals surface area contributed by atoms with E-state index in [1.165, 1.54) is 0 Å². The summed E-state index contributed by atoms with van der Waals surface area (Å²) in [6, 6.07) is 10.6. The lowest BCUT2D eigenvalue weighted by atomic mass is 10.2. The van der Waals surface area contributed by atoms with Crippen molar-refractivity contribution in [2.45, 2.75) is 31.3 Å². The molecule has 1 saturated heterocycles. The number of nitrogens with zero attached hydrogens (tertiary/aromatic N) is 3. The average Bonchev–Trinajstić information content (AvgIpc) is 2.98. The molecule has 1 aromatic heterocycles. The van der Waals surface area contributed by atoms with Gasteiger partial charge < -0.3 is 0 Å². The molecule has 5 heteroatoms. The van der Waals surface area contributed by atoms with Crippen LogP contribution >= 0.6 is 11.8 Å². The predicted molar refractivity (Wildman–Crippen MR) is 78.9 cm³/mol. The maximum atomic E-state index is 4.24. The van der Waals surface area contributed by atoms with Gasteiger partial charge in [0.2, 0.25) is 0 Å². The summed E-state index contributed by atoms with van der Waals surface area (Å²) >= 11 is 1.96. The first kappa shape index (κ1) is 12.7. The summed E-state index contributed by atoms with van der Waals surface area (Å²) in [5.41, 5.74) is 2.05. The van der Waals surface area contributed by atoms with Crippen molar-refractivity contribution in [3.05, 3.63) is 36.5 Å². The van der Waals surface area contributed by atoms with Crippen LogP contribution in [-0.4, -0.2) is 31.7 Å². The molecule has 1 aromatic carbocycles. The number of thioether (sulfide) groups is 1. The zero-order valence-corrected chi connectivity index (χ0v) is 12.0. The van der Waals surface area contributed by atoms with Crippen LogP contribution in [0.1, 0.15) is 13.8 Å². The first-order valence-corrected chi connectivity index (χ1v) is 7.48. The van der Waals surface area contributed by atoms with Crippen molar-refractivity contribution in [2.75, 3.05) is 5.75 Å². The average molecular weight is 274 g/mol. The van der Waals surface area contributed by atoms with Crippen molar-refractivity contribution in [1.29, 1.82) is 0 Å². The second kappa shape index (κ2) is 4.98. The van der Waals surface area contributed by atoms with Gasteiger partial charge in [0.1, 0.15) is 5.69 Å². The van der Waals surface area contributed by atoms with Crippen LogP contribution < -0.4 is 5.32 Å². The van der Waals surface area contributed by atoms with Gasteiger partial charge in [0, 0.05) is 17.4 Å². The van der Waals surface area contributed by atoms with Crippen LogP contribution in [0.2, 0.25) is 0 Å². The smallest absolute Gasteiger partial charge is 0.113 e. The Morgan fingerprint density at radius 3 is 2.84 bits per heavy atom. The fourth-order valence-electron chi connectivity index (χ4n) is 2.34. The largest absolute Gasteiger partial charge is 0.298 e. The Kier molecular flexibility index (Phi) is 3.33. The second-order valence-electron chi connectivity index (χ2n) is 5.35. The standard InChI is InChI=1S/C14H18N4S/c1-14(2)15-12(10-19-14)8-18-9-13(16-17-18)11-6-4-3-5-7-11/h3-7,9,12,15H,8,10H2,1-2H3/t12-/m1/s1. The van der Waals surface area contributed by atoms with Crippen LogP contribution in [0.5, 0.6) is 0 Å². The van der Waals surface area contributed by atoms with Gasteiger partial charge in [-0.05, 0) is 13.8 Å². The number of hydrogen-bond acceptors (Lipinski definition) is 4. The van der Waals surface area contributed by atoms with E-state index in [2.05, 4.69) is 41.6 Å². The molecule has 0 bridgehead atoms. The normalized spacial score (nSPS) is 21.7. The number of hydrogen-bond donors (Lipinski definition) is 1. The van der Waals surface area contributed by atoms with E-state index in [1.54, 1.807) is 0 Å². The third-order valence-corrected chi connectivity index (χ3v) is 4.62. The van der Waals surface area contributed by atoms with Gasteiger partial charge in [-0.1, -0.05) is 35.5 Å². The van der Waals surface area contributed by atoms with Crippen LogP contribution in [-0.2, 0) is 6.54 Å². The Balaban J connectivity index is 1.69. The number of aromatic nitrogens is 3. The van der Waals surface area contributed by atoms with Crippen LogP contribution in [0.3, 0.4) is 0 Å². The van der Waals surface area contributed by atoms with Gasteiger partial charge in [0.15, 0.2) is 0 Å². The minimum atomic E-state index is 0.174. The lowest BCUT2D eigenvalue weighted by Crippen LogP contribution is -2.39. The van der Waals surface area contributed by atoms with Crippen LogP contribution in [0.15, 0.2) is 36.5 Å². The van der Waals surface area contributed by atoms with Crippen molar-refractivity contribution in [2.24, 2.45) is 0 Å². The second-order valence-corrected chi connectivity index (χ2v) is 7.00. The van der Waals surface area contributed by atoms with Crippen molar-refractivity contribution in [1.82, 2.24) is 20.3 Å². The van der Waals surface area contributed by atoms with E-state index >= 15 is 0 Å². The van der Waals surface area contributed by atoms with E-state index in [9.17, 15) is 0 Å². The van der Waals surface area contributed by atoms with E-state index in [4.69, 9.17) is 0 Å². The van der Waals surface area contributed by atoms with Crippen LogP contribution in [0.4, 0.5) is 0 Å². The highest BCUT2D eigenvalue weighted by molar-refractivity contribution is 8.00. The molecule has 100 valence electrons. The summed E-state index contributed by atoms with van der Waals surface area (Å²) in [7, 11) is 0. The molecule has 3 rings (SSSR count). The van der Waals surface area contributed by atoms with Gasteiger partial charge >= 0.3 is 0 Å². The molecule has 1 N–H and O–H groups in total. The maximum absolute atomic E-state index is 4.24. The monoisotopic (exact) mass is 274 g/mol. The Labute approximate surface area is 117 Å². The molecule has 1 fully saturated rings. The Morgan fingerprint density at radius 1 is 1.37 bits per heavy atom. The molecule has 4 nitrogen and oxygen atoms in total. The maximum Gasteiger partial charge on any atom is 0.113 e. The van der Waals surface area contributed by atoms with Crippen LogP contribution in [0, 0.1) is 0 Å². The van der Waals surface area contributed by atoms with E-state index in [-0.39, 0.29) is 4.87 Å². The number of benzene rings is 1. The molecule has 0 radical (unpaired) electrons. The molecule has 0 amide bonds. The lowest BCUT2D eigenvalue weighted by Gasteiger charge is -2.18. The molecule has 1 atom stereocenters. The summed E-state index contributed by atoms with van der Waals surface area (Å²) in [6.45, 7) is 5.30. The van der Waals surface area contributed by atoms with E-state index < -0.39 is 0 Å². The zero-order valence-electron chi connectivity index (χ0n) is 11.2. The Hall–Kier alpha value is -1.33. The molecular formula is C14H18N4S. The highest BCUT2D eigenvalue weighted by Gasteiger charge is 2.30. The Morgan fingerprint density at radius 2 is 2.16 bits per heavy atom. The molecule has 19 heavy (non-hydrogen) atoms. The third kappa shape index (κ3) is 2.98. The summed E-state index contributed by atoms with van der Waals surface area (Å²) in [5, 5.41) is 12.1. The summed E-state index contributed by atoms with van der Waals surface area (Å²) in [5.74, 6) is 1.12. The summed E-state index contributed by atoms with van der Waals surface area (Å²) < 4.78 is 1.93. The molecule has 0 spiro atoms. The first-order valence-electron chi connectivity index (χ1n) is 6.50. The van der Waals surface area contributed by atoms with Crippen molar-refractivity contribution < 1.29 is 0 Å². The zero-order chi connectivity index (χ0) is 13.3. The van der Waals surface area contributed by atoms with Gasteiger partial charge in [0.05, 0.1) is 17.6 Å². The quantitative estimate of drug-likeness (QED) is 0.933. The third-order valence-electron chi connectivity index (χ3n) is 3.21. The van der Waals surface area contributed by atoms with Crippen molar-refractivity contribution >= 4 is 11.8 Å². The minimum Gasteiger partial charge on any atom is -0.298 e. The highest BCUT2D eigenvalue weighted by Crippen LogP contribution is 2.29. The first-order chi connectivity index (χ1) is 9.12. The SMILES string of the molecule is CC1(C)N[C@H](Cn2cc(-c3ccccc3)nn2)CS1. The molecular weight excluding hydrogens is 256 g/mol. The van der Waals surface area contributed by atoms with E-state index in [0.717, 1.165) is 23.6 Å². The lowest BCUT2D eigenvalue weighted by molar-refractivity contribution is 0.422. The van der Waals surface area contributed by atoms with E-state index in [1.807, 2.05) is 40.8 Å². The Bertz CT molecular complexity index is 550. The molecule has 2 heterocycles. The molecule has 1 aliphatic heterocycles. The fourth-order valence-corrected chi connectivity index (χ4v) is 3.39. The van der Waals surface area contributed by atoms with Crippen molar-refractivity contribution in [3.8, 4) is 11.3 Å². The molecule has 0 saturated carbocycles. The number of nitrogens with one attached hydrogen (secondary N) is 1. The predicted octanol–water partition coefficient (Wildman–Crippen LogP) is 2.39. The topological polar surface area (TPSA) is 42.7 Å². The molecule has 0 aliphatic carbocycles.